The summed E-state index contributed by atoms with van der Waals surface area (Å²) in [5.41, 5.74) is 2.34. The number of carboxylic acid groups (broad SMARTS) is 1. The lowest BCUT2D eigenvalue weighted by atomic mass is 10.1. The van der Waals surface area contributed by atoms with Gasteiger partial charge in [-0.1, -0.05) is 24.3 Å². The first-order valence-electron chi connectivity index (χ1n) is 9.07. The third kappa shape index (κ3) is 3.33. The number of fused-ring (bicyclic) bond motifs is 1. The first kappa shape index (κ1) is 19.1. The fourth-order valence-corrected chi connectivity index (χ4v) is 3.28. The lowest BCUT2D eigenvalue weighted by molar-refractivity contribution is -0.255. The van der Waals surface area contributed by atoms with E-state index in [0.29, 0.717) is 11.4 Å². The van der Waals surface area contributed by atoms with E-state index >= 15 is 0 Å². The Morgan fingerprint density at radius 2 is 1.50 bits per heavy atom. The van der Waals surface area contributed by atoms with Crippen LogP contribution in [0.4, 0.5) is 11.4 Å². The Morgan fingerprint density at radius 1 is 0.833 bits per heavy atom. The highest BCUT2D eigenvalue weighted by atomic mass is 16.4. The molecule has 4 rings (SSSR count). The average molecular weight is 399 g/mol. The quantitative estimate of drug-likeness (QED) is 0.678. The van der Waals surface area contributed by atoms with Crippen molar-refractivity contribution in [3.05, 3.63) is 94.5 Å². The summed E-state index contributed by atoms with van der Waals surface area (Å²) in [6, 6.07) is 16.9. The fourth-order valence-electron chi connectivity index (χ4n) is 3.28. The number of hydrogen-bond donors (Lipinski definition) is 1. The highest BCUT2D eigenvalue weighted by Crippen LogP contribution is 2.29. The van der Waals surface area contributed by atoms with Crippen LogP contribution in [0, 0.1) is 6.92 Å². The summed E-state index contributed by atoms with van der Waals surface area (Å²) in [7, 11) is 0. The summed E-state index contributed by atoms with van der Waals surface area (Å²) in [6.45, 7) is 1.86. The molecule has 0 saturated heterocycles. The van der Waals surface area contributed by atoms with Gasteiger partial charge in [0, 0.05) is 11.3 Å². The molecule has 3 aromatic carbocycles. The highest BCUT2D eigenvalue weighted by Gasteiger charge is 2.37. The summed E-state index contributed by atoms with van der Waals surface area (Å²) < 4.78 is 0. The number of benzene rings is 3. The summed E-state index contributed by atoms with van der Waals surface area (Å²) in [5, 5.41) is 13.4. The predicted molar refractivity (Wildman–Crippen MR) is 107 cm³/mol. The zero-order valence-electron chi connectivity index (χ0n) is 15.8. The van der Waals surface area contributed by atoms with Crippen molar-refractivity contribution in [3.63, 3.8) is 0 Å². The lowest BCUT2D eigenvalue weighted by Gasteiger charge is -2.14. The van der Waals surface area contributed by atoms with Crippen molar-refractivity contribution in [1.29, 1.82) is 0 Å². The van der Waals surface area contributed by atoms with Gasteiger partial charge in [-0.25, -0.2) is 4.90 Å². The molecule has 1 heterocycles. The van der Waals surface area contributed by atoms with Gasteiger partial charge in [0.15, 0.2) is 0 Å². The molecule has 0 saturated carbocycles. The van der Waals surface area contributed by atoms with E-state index in [1.54, 1.807) is 18.2 Å². The largest absolute Gasteiger partial charge is 0.545 e. The molecule has 0 bridgehead atoms. The summed E-state index contributed by atoms with van der Waals surface area (Å²) >= 11 is 0. The molecule has 0 aliphatic carbocycles. The van der Waals surface area contributed by atoms with Gasteiger partial charge in [0.05, 0.1) is 22.8 Å². The summed E-state index contributed by atoms with van der Waals surface area (Å²) in [4.78, 5) is 50.1. The van der Waals surface area contributed by atoms with Gasteiger partial charge in [-0.15, -0.1) is 0 Å². The van der Waals surface area contributed by atoms with Crippen LogP contribution in [-0.2, 0) is 0 Å². The van der Waals surface area contributed by atoms with Crippen molar-refractivity contribution in [2.24, 2.45) is 0 Å². The molecule has 0 spiro atoms. The molecule has 0 atom stereocenters. The maximum absolute atomic E-state index is 12.9. The number of hydrogen-bond acceptors (Lipinski definition) is 5. The van der Waals surface area contributed by atoms with E-state index in [9.17, 15) is 24.3 Å². The molecule has 0 unspecified atom stereocenters. The minimum Gasteiger partial charge on any atom is -0.545 e. The third-order valence-corrected chi connectivity index (χ3v) is 4.79. The zero-order chi connectivity index (χ0) is 21.4. The maximum Gasteiger partial charge on any atom is 0.266 e. The normalized spacial score (nSPS) is 12.6. The van der Waals surface area contributed by atoms with Crippen LogP contribution in [0.1, 0.15) is 47.0 Å². The first-order valence-corrected chi connectivity index (χ1v) is 9.07. The Hall–Kier alpha value is -4.26. The van der Waals surface area contributed by atoms with E-state index in [1.165, 1.54) is 42.5 Å². The number of anilines is 2. The molecule has 3 aromatic rings. The number of nitrogens with one attached hydrogen (secondary N) is 1. The van der Waals surface area contributed by atoms with Crippen LogP contribution in [0.3, 0.4) is 0 Å². The summed E-state index contributed by atoms with van der Waals surface area (Å²) in [6.07, 6.45) is 0. The van der Waals surface area contributed by atoms with Gasteiger partial charge in [0.2, 0.25) is 0 Å². The number of aromatic carboxylic acids is 1. The summed E-state index contributed by atoms with van der Waals surface area (Å²) in [5.74, 6) is -2.74. The molecule has 7 nitrogen and oxygen atoms in total. The van der Waals surface area contributed by atoms with Gasteiger partial charge in [0.1, 0.15) is 0 Å². The molecule has 1 N–H and O–H groups in total. The predicted octanol–water partition coefficient (Wildman–Crippen LogP) is 2.41. The number of carbonyl (C=O) groups is 4. The van der Waals surface area contributed by atoms with Gasteiger partial charge in [0.25, 0.3) is 17.7 Å². The molecular weight excluding hydrogens is 384 g/mol. The Labute approximate surface area is 171 Å². The third-order valence-electron chi connectivity index (χ3n) is 4.79. The minimum absolute atomic E-state index is 0.00845. The number of rotatable bonds is 4. The molecule has 1 aliphatic heterocycles. The number of imide groups is 1. The van der Waals surface area contributed by atoms with Crippen molar-refractivity contribution in [3.8, 4) is 0 Å². The maximum atomic E-state index is 12.9. The van der Waals surface area contributed by atoms with E-state index in [2.05, 4.69) is 5.32 Å². The van der Waals surface area contributed by atoms with Crippen LogP contribution >= 0.6 is 0 Å². The molecule has 7 heteroatoms. The Balaban J connectivity index is 1.59. The standard InChI is InChI=1S/C23H16N2O5/c1-13-3-2-4-17(11-13)25-21(27)18-10-7-15(12-19(18)22(25)28)20(26)24-16-8-5-14(6-9-16)23(29)30/h2-12H,1H3,(H,24,26)(H,29,30)/p-1. The second-order valence-corrected chi connectivity index (χ2v) is 6.86. The average Bonchev–Trinajstić information content (AvgIpc) is 2.98. The fraction of sp³-hybridized carbons (Fsp3) is 0.0435. The molecule has 30 heavy (non-hydrogen) atoms. The number of nitrogens with zero attached hydrogens (tertiary/aromatic N) is 1. The van der Waals surface area contributed by atoms with Gasteiger partial charge in [-0.2, -0.15) is 0 Å². The molecule has 1 aliphatic rings. The molecular formula is C23H15N2O5-. The van der Waals surface area contributed by atoms with E-state index in [-0.39, 0.29) is 22.3 Å². The second kappa shape index (κ2) is 7.29. The molecule has 0 fully saturated rings. The van der Waals surface area contributed by atoms with Crippen molar-refractivity contribution in [2.75, 3.05) is 10.2 Å². The smallest absolute Gasteiger partial charge is 0.266 e. The van der Waals surface area contributed by atoms with Gasteiger partial charge in [-0.3, -0.25) is 14.4 Å². The van der Waals surface area contributed by atoms with E-state index in [0.717, 1.165) is 10.5 Å². The first-order chi connectivity index (χ1) is 14.3. The second-order valence-electron chi connectivity index (χ2n) is 6.86. The number of carbonyl (C=O) groups excluding carboxylic acids is 4. The molecule has 148 valence electrons. The zero-order valence-corrected chi connectivity index (χ0v) is 15.8. The Morgan fingerprint density at radius 3 is 2.17 bits per heavy atom. The molecule has 3 amide bonds. The van der Waals surface area contributed by atoms with Crippen LogP contribution in [0.15, 0.2) is 66.7 Å². The van der Waals surface area contributed by atoms with Crippen LogP contribution in [-0.4, -0.2) is 23.7 Å². The van der Waals surface area contributed by atoms with Crippen LogP contribution < -0.4 is 15.3 Å². The van der Waals surface area contributed by atoms with E-state index in [4.69, 9.17) is 0 Å². The minimum atomic E-state index is -1.31. The van der Waals surface area contributed by atoms with Gasteiger partial charge < -0.3 is 15.2 Å². The van der Waals surface area contributed by atoms with Crippen molar-refractivity contribution in [1.82, 2.24) is 0 Å². The SMILES string of the molecule is Cc1cccc(N2C(=O)c3ccc(C(=O)Nc4ccc(C(=O)[O-])cc4)cc3C2=O)c1. The highest BCUT2D eigenvalue weighted by molar-refractivity contribution is 6.34. The van der Waals surface area contributed by atoms with Crippen LogP contribution in [0.25, 0.3) is 0 Å². The number of carboxylic acids is 1. The monoisotopic (exact) mass is 399 g/mol. The lowest BCUT2D eigenvalue weighted by Crippen LogP contribution is -2.29. The number of amides is 3. The van der Waals surface area contributed by atoms with Crippen molar-refractivity contribution >= 4 is 35.1 Å². The van der Waals surface area contributed by atoms with E-state index < -0.39 is 23.7 Å². The Bertz CT molecular complexity index is 1210. The van der Waals surface area contributed by atoms with Crippen LogP contribution in [0.5, 0.6) is 0 Å². The number of aryl methyl sites for hydroxylation is 1. The molecule has 0 aromatic heterocycles. The topological polar surface area (TPSA) is 107 Å². The van der Waals surface area contributed by atoms with Gasteiger partial charge >= 0.3 is 0 Å². The van der Waals surface area contributed by atoms with Crippen LogP contribution in [0.2, 0.25) is 0 Å². The van der Waals surface area contributed by atoms with Crippen molar-refractivity contribution < 1.29 is 24.3 Å². The Kier molecular flexibility index (Phi) is 4.63. The van der Waals surface area contributed by atoms with Gasteiger partial charge in [-0.05, 0) is 60.5 Å². The molecule has 0 radical (unpaired) electrons. The van der Waals surface area contributed by atoms with E-state index in [1.807, 2.05) is 13.0 Å². The van der Waals surface area contributed by atoms with Crippen molar-refractivity contribution in [2.45, 2.75) is 6.92 Å².